The van der Waals surface area contributed by atoms with E-state index in [1.807, 2.05) is 30.5 Å². The van der Waals surface area contributed by atoms with Crippen molar-refractivity contribution in [2.24, 2.45) is 0 Å². The summed E-state index contributed by atoms with van der Waals surface area (Å²) < 4.78 is 1.98. The summed E-state index contributed by atoms with van der Waals surface area (Å²) in [6, 6.07) is 7.25. The van der Waals surface area contributed by atoms with Gasteiger partial charge in [-0.25, -0.2) is 0 Å². The molecule has 5 nitrogen and oxygen atoms in total. The first-order valence-corrected chi connectivity index (χ1v) is 9.55. The maximum atomic E-state index is 12.7. The van der Waals surface area contributed by atoms with Gasteiger partial charge in [0.1, 0.15) is 5.57 Å². The minimum Gasteiger partial charge on any atom is -0.318 e. The van der Waals surface area contributed by atoms with Crippen LogP contribution in [0.4, 0.5) is 0 Å². The number of carbonyl (C=O) groups excluding carboxylic acids is 2. The molecule has 1 aliphatic rings. The van der Waals surface area contributed by atoms with Gasteiger partial charge in [-0.2, -0.15) is 0 Å². The van der Waals surface area contributed by atoms with Crippen LogP contribution in [0.2, 0.25) is 10.0 Å². The summed E-state index contributed by atoms with van der Waals surface area (Å²) in [5.74, 6) is -0.970. The number of halogens is 2. The van der Waals surface area contributed by atoms with Crippen molar-refractivity contribution < 1.29 is 9.59 Å². The molecule has 28 heavy (non-hydrogen) atoms. The predicted molar refractivity (Wildman–Crippen MR) is 116 cm³/mol. The van der Waals surface area contributed by atoms with Crippen LogP contribution in [-0.4, -0.2) is 32.9 Å². The highest BCUT2D eigenvalue weighted by Crippen LogP contribution is 2.28. The minimum absolute atomic E-state index is 0.0184. The van der Waals surface area contributed by atoms with E-state index in [1.54, 1.807) is 24.3 Å². The van der Waals surface area contributed by atoms with Crippen molar-refractivity contribution in [3.63, 3.8) is 0 Å². The molecule has 144 valence electrons. The Kier molecular flexibility index (Phi) is 5.74. The molecule has 2 aromatic rings. The summed E-state index contributed by atoms with van der Waals surface area (Å²) in [7, 11) is 0. The number of nitrogens with zero attached hydrogens (tertiary/aromatic N) is 2. The lowest BCUT2D eigenvalue weighted by Crippen LogP contribution is -2.53. The van der Waals surface area contributed by atoms with E-state index in [4.69, 9.17) is 35.4 Å². The van der Waals surface area contributed by atoms with Crippen LogP contribution in [0.3, 0.4) is 0 Å². The number of amides is 2. The number of hydrogen-bond donors (Lipinski definition) is 1. The fourth-order valence-electron chi connectivity index (χ4n) is 3.10. The molecular weight excluding hydrogens is 417 g/mol. The molecule has 0 bridgehead atoms. The zero-order valence-electron chi connectivity index (χ0n) is 15.3. The first-order valence-electron chi connectivity index (χ1n) is 8.38. The largest absolute Gasteiger partial charge is 0.318 e. The Morgan fingerprint density at radius 3 is 2.54 bits per heavy atom. The fraction of sp³-hybridized carbons (Fsp3) is 0.150. The SMILES string of the molecule is C=CCN1C(=O)C(=Cc2cc(C)n(-c3ccc(Cl)c(Cl)c3)c2C)C(=O)NC1=S. The zero-order chi connectivity index (χ0) is 20.6. The number of hydrogen-bond acceptors (Lipinski definition) is 3. The van der Waals surface area contributed by atoms with Gasteiger partial charge >= 0.3 is 0 Å². The highest BCUT2D eigenvalue weighted by atomic mass is 35.5. The zero-order valence-corrected chi connectivity index (χ0v) is 17.6. The quantitative estimate of drug-likeness (QED) is 0.340. The summed E-state index contributed by atoms with van der Waals surface area (Å²) in [4.78, 5) is 26.4. The molecule has 8 heteroatoms. The van der Waals surface area contributed by atoms with E-state index in [9.17, 15) is 9.59 Å². The second kappa shape index (κ2) is 7.91. The Morgan fingerprint density at radius 1 is 1.18 bits per heavy atom. The Hall–Kier alpha value is -2.41. The first-order chi connectivity index (χ1) is 13.2. The van der Waals surface area contributed by atoms with Crippen LogP contribution in [0.15, 0.2) is 42.5 Å². The number of carbonyl (C=O) groups is 2. The molecule has 2 amide bonds. The summed E-state index contributed by atoms with van der Waals surface area (Å²) >= 11 is 17.2. The molecule has 0 radical (unpaired) electrons. The third-order valence-electron chi connectivity index (χ3n) is 4.43. The average Bonchev–Trinajstić information content (AvgIpc) is 2.91. The Morgan fingerprint density at radius 2 is 1.89 bits per heavy atom. The number of thiocarbonyl (C=S) groups is 1. The topological polar surface area (TPSA) is 54.3 Å². The highest BCUT2D eigenvalue weighted by molar-refractivity contribution is 7.80. The van der Waals surface area contributed by atoms with Crippen LogP contribution >= 0.6 is 35.4 Å². The van der Waals surface area contributed by atoms with Gasteiger partial charge in [0.25, 0.3) is 11.8 Å². The maximum absolute atomic E-state index is 12.7. The number of aryl methyl sites for hydroxylation is 1. The number of rotatable bonds is 4. The van der Waals surface area contributed by atoms with Gasteiger partial charge in [-0.15, -0.1) is 6.58 Å². The van der Waals surface area contributed by atoms with Crippen LogP contribution < -0.4 is 5.32 Å². The van der Waals surface area contributed by atoms with E-state index < -0.39 is 11.8 Å². The molecule has 1 aliphatic heterocycles. The van der Waals surface area contributed by atoms with E-state index >= 15 is 0 Å². The summed E-state index contributed by atoms with van der Waals surface area (Å²) in [6.45, 7) is 7.67. The third kappa shape index (κ3) is 3.63. The lowest BCUT2D eigenvalue weighted by Gasteiger charge is -2.27. The van der Waals surface area contributed by atoms with Crippen molar-refractivity contribution >= 4 is 58.4 Å². The smallest absolute Gasteiger partial charge is 0.265 e. The Labute approximate surface area is 178 Å². The van der Waals surface area contributed by atoms with Crippen LogP contribution in [0.25, 0.3) is 11.8 Å². The maximum Gasteiger partial charge on any atom is 0.265 e. The molecule has 1 fully saturated rings. The third-order valence-corrected chi connectivity index (χ3v) is 5.49. The van der Waals surface area contributed by atoms with E-state index in [-0.39, 0.29) is 17.2 Å². The van der Waals surface area contributed by atoms with Gasteiger partial charge in [-0.05, 0) is 62.0 Å². The monoisotopic (exact) mass is 433 g/mol. The van der Waals surface area contributed by atoms with Gasteiger partial charge in [0.05, 0.1) is 10.0 Å². The van der Waals surface area contributed by atoms with Crippen LogP contribution in [-0.2, 0) is 9.59 Å². The van der Waals surface area contributed by atoms with Gasteiger partial charge in [-0.1, -0.05) is 29.3 Å². The molecule has 1 N–H and O–H groups in total. The van der Waals surface area contributed by atoms with E-state index in [1.165, 1.54) is 4.90 Å². The first kappa shape index (κ1) is 20.3. The van der Waals surface area contributed by atoms with Crippen molar-refractivity contribution in [1.82, 2.24) is 14.8 Å². The van der Waals surface area contributed by atoms with Gasteiger partial charge in [0.15, 0.2) is 5.11 Å². The molecule has 1 saturated heterocycles. The molecule has 1 aromatic carbocycles. The van der Waals surface area contributed by atoms with Crippen molar-refractivity contribution in [1.29, 1.82) is 0 Å². The van der Waals surface area contributed by atoms with Crippen molar-refractivity contribution in [3.8, 4) is 5.69 Å². The van der Waals surface area contributed by atoms with Crippen LogP contribution in [0.1, 0.15) is 17.0 Å². The molecule has 0 atom stereocenters. The van der Waals surface area contributed by atoms with Crippen molar-refractivity contribution in [3.05, 3.63) is 69.5 Å². The average molecular weight is 434 g/mol. The standard InChI is InChI=1S/C20H17Cl2N3O2S/c1-4-7-24-19(27)15(18(26)23-20(24)28)9-13-8-11(2)25(12(13)3)14-5-6-16(21)17(22)10-14/h4-6,8-10H,1,7H2,2-3H3,(H,23,26,28). The van der Waals surface area contributed by atoms with Gasteiger partial charge in [-0.3, -0.25) is 19.8 Å². The number of aromatic nitrogens is 1. The molecule has 2 heterocycles. The van der Waals surface area contributed by atoms with Gasteiger partial charge in [0, 0.05) is 23.6 Å². The molecule has 1 aromatic heterocycles. The Balaban J connectivity index is 2.06. The fourth-order valence-corrected chi connectivity index (χ4v) is 3.64. The van der Waals surface area contributed by atoms with Gasteiger partial charge < -0.3 is 4.57 Å². The van der Waals surface area contributed by atoms with E-state index in [0.29, 0.717) is 10.0 Å². The minimum atomic E-state index is -0.519. The summed E-state index contributed by atoms with van der Waals surface area (Å²) in [5.41, 5.74) is 3.37. The van der Waals surface area contributed by atoms with E-state index in [0.717, 1.165) is 22.6 Å². The second-order valence-corrected chi connectivity index (χ2v) is 7.48. The summed E-state index contributed by atoms with van der Waals surface area (Å²) in [6.07, 6.45) is 3.13. The molecule has 0 spiro atoms. The molecule has 0 aliphatic carbocycles. The van der Waals surface area contributed by atoms with Crippen molar-refractivity contribution in [2.75, 3.05) is 6.54 Å². The molecule has 0 saturated carbocycles. The lowest BCUT2D eigenvalue weighted by molar-refractivity contribution is -0.128. The van der Waals surface area contributed by atoms with E-state index in [2.05, 4.69) is 11.9 Å². The molecule has 3 rings (SSSR count). The number of nitrogens with one attached hydrogen (secondary N) is 1. The van der Waals surface area contributed by atoms with Crippen LogP contribution in [0, 0.1) is 13.8 Å². The predicted octanol–water partition coefficient (Wildman–Crippen LogP) is 4.21. The molecular formula is C20H17Cl2N3O2S. The highest BCUT2D eigenvalue weighted by Gasteiger charge is 2.32. The van der Waals surface area contributed by atoms with Crippen LogP contribution in [0.5, 0.6) is 0 Å². The number of benzene rings is 1. The Bertz CT molecular complexity index is 1060. The van der Waals surface area contributed by atoms with Gasteiger partial charge in [0.2, 0.25) is 0 Å². The van der Waals surface area contributed by atoms with Crippen molar-refractivity contribution in [2.45, 2.75) is 13.8 Å². The summed E-state index contributed by atoms with van der Waals surface area (Å²) in [5, 5.41) is 3.54. The normalized spacial score (nSPS) is 15.9. The second-order valence-electron chi connectivity index (χ2n) is 6.28. The molecule has 0 unspecified atom stereocenters. The lowest BCUT2D eigenvalue weighted by atomic mass is 10.1.